The summed E-state index contributed by atoms with van der Waals surface area (Å²) in [7, 11) is 0. The van der Waals surface area contributed by atoms with Crippen molar-refractivity contribution >= 4 is 11.6 Å². The Bertz CT molecular complexity index is 319. The van der Waals surface area contributed by atoms with E-state index < -0.39 is 0 Å². The van der Waals surface area contributed by atoms with Crippen molar-refractivity contribution in [2.24, 2.45) is 5.41 Å². The van der Waals surface area contributed by atoms with E-state index in [1.807, 2.05) is 20.8 Å². The summed E-state index contributed by atoms with van der Waals surface area (Å²) < 4.78 is 0. The van der Waals surface area contributed by atoms with Crippen molar-refractivity contribution < 1.29 is 9.59 Å². The fraction of sp³-hybridized carbons (Fsp3) is 0.500. The SMILES string of the molecule is C/C=C/C(=O)C1=CCC(=O)CC1(C)C. The standard InChI is InChI=1S/C12H16O2/c1-4-5-11(14)10-7-6-9(13)8-12(10,2)3/h4-5,7H,6,8H2,1-3H3/b5-4+. The summed E-state index contributed by atoms with van der Waals surface area (Å²) in [4.78, 5) is 22.9. The lowest BCUT2D eigenvalue weighted by Crippen LogP contribution is -2.27. The fourth-order valence-electron chi connectivity index (χ4n) is 1.83. The van der Waals surface area contributed by atoms with Crippen LogP contribution in [0.25, 0.3) is 0 Å². The van der Waals surface area contributed by atoms with Gasteiger partial charge < -0.3 is 0 Å². The van der Waals surface area contributed by atoms with Gasteiger partial charge in [0.2, 0.25) is 0 Å². The van der Waals surface area contributed by atoms with Gasteiger partial charge in [-0.3, -0.25) is 9.59 Å². The Labute approximate surface area is 84.7 Å². The van der Waals surface area contributed by atoms with Crippen LogP contribution in [-0.4, -0.2) is 11.6 Å². The van der Waals surface area contributed by atoms with Crippen LogP contribution in [0.15, 0.2) is 23.8 Å². The molecule has 76 valence electrons. The van der Waals surface area contributed by atoms with E-state index in [0.717, 1.165) is 5.57 Å². The van der Waals surface area contributed by atoms with Gasteiger partial charge in [0.15, 0.2) is 5.78 Å². The number of ketones is 2. The molecular formula is C12H16O2. The third-order valence-corrected chi connectivity index (χ3v) is 2.49. The highest BCUT2D eigenvalue weighted by atomic mass is 16.1. The van der Waals surface area contributed by atoms with E-state index in [9.17, 15) is 9.59 Å². The first-order valence-electron chi connectivity index (χ1n) is 4.87. The molecule has 1 aliphatic carbocycles. The maximum atomic E-state index is 11.7. The Hall–Kier alpha value is -1.18. The zero-order valence-corrected chi connectivity index (χ0v) is 8.96. The van der Waals surface area contributed by atoms with E-state index in [2.05, 4.69) is 0 Å². The average molecular weight is 192 g/mol. The second kappa shape index (κ2) is 3.91. The summed E-state index contributed by atoms with van der Waals surface area (Å²) in [6.45, 7) is 5.70. The molecule has 0 atom stereocenters. The maximum absolute atomic E-state index is 11.7. The van der Waals surface area contributed by atoms with Crippen molar-refractivity contribution in [2.75, 3.05) is 0 Å². The molecule has 0 aliphatic heterocycles. The van der Waals surface area contributed by atoms with Gasteiger partial charge in [-0.2, -0.15) is 0 Å². The Morgan fingerprint density at radius 1 is 1.50 bits per heavy atom. The smallest absolute Gasteiger partial charge is 0.181 e. The van der Waals surface area contributed by atoms with Gasteiger partial charge in [0, 0.05) is 23.8 Å². The minimum atomic E-state index is -0.300. The number of hydrogen-bond acceptors (Lipinski definition) is 2. The highest BCUT2D eigenvalue weighted by Gasteiger charge is 2.32. The summed E-state index contributed by atoms with van der Waals surface area (Å²) in [5, 5.41) is 0. The number of carbonyl (C=O) groups excluding carboxylic acids is 2. The zero-order valence-electron chi connectivity index (χ0n) is 8.96. The van der Waals surface area contributed by atoms with Crippen LogP contribution < -0.4 is 0 Å². The van der Waals surface area contributed by atoms with E-state index in [1.165, 1.54) is 0 Å². The molecule has 2 heteroatoms. The number of carbonyl (C=O) groups is 2. The molecule has 2 nitrogen and oxygen atoms in total. The Morgan fingerprint density at radius 3 is 2.64 bits per heavy atom. The highest BCUT2D eigenvalue weighted by molar-refractivity contribution is 6.06. The molecule has 1 aliphatic rings. The molecule has 14 heavy (non-hydrogen) atoms. The minimum Gasteiger partial charge on any atom is -0.299 e. The Balaban J connectivity index is 2.97. The van der Waals surface area contributed by atoms with Crippen LogP contribution in [0.4, 0.5) is 0 Å². The van der Waals surface area contributed by atoms with E-state index in [0.29, 0.717) is 12.8 Å². The monoisotopic (exact) mass is 192 g/mol. The molecule has 1 rings (SSSR count). The Morgan fingerprint density at radius 2 is 2.14 bits per heavy atom. The maximum Gasteiger partial charge on any atom is 0.181 e. The molecule has 0 saturated carbocycles. The van der Waals surface area contributed by atoms with E-state index in [1.54, 1.807) is 18.2 Å². The second-order valence-corrected chi connectivity index (χ2v) is 4.29. The minimum absolute atomic E-state index is 0.0324. The number of hydrogen-bond donors (Lipinski definition) is 0. The van der Waals surface area contributed by atoms with Gasteiger partial charge in [0.05, 0.1) is 0 Å². The predicted octanol–water partition coefficient (Wildman–Crippen LogP) is 2.45. The molecular weight excluding hydrogens is 176 g/mol. The Kier molecular flexibility index (Phi) is 3.04. The van der Waals surface area contributed by atoms with Gasteiger partial charge in [-0.1, -0.05) is 26.0 Å². The quantitative estimate of drug-likeness (QED) is 0.630. The van der Waals surface area contributed by atoms with Crippen molar-refractivity contribution in [3.05, 3.63) is 23.8 Å². The molecule has 0 saturated heterocycles. The predicted molar refractivity (Wildman–Crippen MR) is 55.9 cm³/mol. The third-order valence-electron chi connectivity index (χ3n) is 2.49. The third kappa shape index (κ3) is 2.19. The largest absolute Gasteiger partial charge is 0.299 e. The molecule has 0 spiro atoms. The number of Topliss-reactive ketones (excluding diaryl/α,β-unsaturated/α-hetero) is 1. The number of allylic oxidation sites excluding steroid dienone is 4. The van der Waals surface area contributed by atoms with E-state index in [4.69, 9.17) is 0 Å². The summed E-state index contributed by atoms with van der Waals surface area (Å²) in [6.07, 6.45) is 5.94. The van der Waals surface area contributed by atoms with Crippen molar-refractivity contribution in [1.82, 2.24) is 0 Å². The lowest BCUT2D eigenvalue weighted by Gasteiger charge is -2.29. The second-order valence-electron chi connectivity index (χ2n) is 4.29. The van der Waals surface area contributed by atoms with Crippen LogP contribution in [0.5, 0.6) is 0 Å². The molecule has 0 heterocycles. The molecule has 0 fully saturated rings. The van der Waals surface area contributed by atoms with Crippen LogP contribution in [0, 0.1) is 5.41 Å². The van der Waals surface area contributed by atoms with Crippen LogP contribution in [0.1, 0.15) is 33.6 Å². The van der Waals surface area contributed by atoms with E-state index >= 15 is 0 Å². The zero-order chi connectivity index (χ0) is 10.8. The molecule has 0 aromatic rings. The van der Waals surface area contributed by atoms with Gasteiger partial charge in [-0.05, 0) is 13.0 Å². The van der Waals surface area contributed by atoms with Gasteiger partial charge in [0.25, 0.3) is 0 Å². The molecule has 0 unspecified atom stereocenters. The van der Waals surface area contributed by atoms with Crippen molar-refractivity contribution in [3.8, 4) is 0 Å². The summed E-state index contributed by atoms with van der Waals surface area (Å²) in [5.74, 6) is 0.247. The van der Waals surface area contributed by atoms with Crippen LogP contribution in [-0.2, 0) is 9.59 Å². The van der Waals surface area contributed by atoms with Crippen LogP contribution in [0.2, 0.25) is 0 Å². The first kappa shape index (κ1) is 10.9. The molecule has 0 N–H and O–H groups in total. The molecule has 0 aromatic heterocycles. The van der Waals surface area contributed by atoms with Gasteiger partial charge in [-0.15, -0.1) is 0 Å². The van der Waals surface area contributed by atoms with E-state index in [-0.39, 0.29) is 17.0 Å². The molecule has 0 amide bonds. The topological polar surface area (TPSA) is 34.1 Å². The van der Waals surface area contributed by atoms with Gasteiger partial charge in [-0.25, -0.2) is 0 Å². The van der Waals surface area contributed by atoms with Crippen molar-refractivity contribution in [3.63, 3.8) is 0 Å². The van der Waals surface area contributed by atoms with Gasteiger partial charge >= 0.3 is 0 Å². The normalized spacial score (nSPS) is 21.1. The average Bonchev–Trinajstić information content (AvgIpc) is 2.01. The molecule has 0 aromatic carbocycles. The summed E-state index contributed by atoms with van der Waals surface area (Å²) >= 11 is 0. The van der Waals surface area contributed by atoms with Crippen molar-refractivity contribution in [1.29, 1.82) is 0 Å². The van der Waals surface area contributed by atoms with Gasteiger partial charge in [0.1, 0.15) is 5.78 Å². The summed E-state index contributed by atoms with van der Waals surface area (Å²) in [6, 6.07) is 0. The first-order chi connectivity index (χ1) is 6.47. The molecule has 0 bridgehead atoms. The van der Waals surface area contributed by atoms with Crippen LogP contribution >= 0.6 is 0 Å². The highest BCUT2D eigenvalue weighted by Crippen LogP contribution is 2.35. The van der Waals surface area contributed by atoms with Crippen LogP contribution in [0.3, 0.4) is 0 Å². The lowest BCUT2D eigenvalue weighted by molar-refractivity contribution is -0.120. The number of rotatable bonds is 2. The molecule has 0 radical (unpaired) electrons. The van der Waals surface area contributed by atoms with Crippen molar-refractivity contribution in [2.45, 2.75) is 33.6 Å². The summed E-state index contributed by atoms with van der Waals surface area (Å²) in [5.41, 5.74) is 0.474. The first-order valence-corrected chi connectivity index (χ1v) is 4.87. The lowest BCUT2D eigenvalue weighted by atomic mass is 9.73. The fourth-order valence-corrected chi connectivity index (χ4v) is 1.83.